The summed E-state index contributed by atoms with van der Waals surface area (Å²) in [5.74, 6) is -2.89. The fourth-order valence-corrected chi connectivity index (χ4v) is 4.81. The van der Waals surface area contributed by atoms with Crippen molar-refractivity contribution in [1.29, 1.82) is 0 Å². The van der Waals surface area contributed by atoms with Crippen LogP contribution in [0.3, 0.4) is 0 Å². The number of nitrogens with one attached hydrogen (secondary N) is 1. The van der Waals surface area contributed by atoms with Crippen molar-refractivity contribution in [2.24, 2.45) is 0 Å². The molecule has 2 rings (SSSR count). The van der Waals surface area contributed by atoms with Crippen LogP contribution >= 0.6 is 11.6 Å². The van der Waals surface area contributed by atoms with Crippen LogP contribution in [0.15, 0.2) is 42.5 Å². The second-order valence-electron chi connectivity index (χ2n) is 8.77. The van der Waals surface area contributed by atoms with E-state index < -0.39 is 27.7 Å². The third kappa shape index (κ3) is 8.44. The Morgan fingerprint density at radius 2 is 1.69 bits per heavy atom. The molecule has 1 atom stereocenters. The first-order valence-corrected chi connectivity index (χ1v) is 13.8. The smallest absolute Gasteiger partial charge is 0.243 e. The summed E-state index contributed by atoms with van der Waals surface area (Å²) in [6, 6.07) is 8.90. The molecule has 0 aromatic heterocycles. The van der Waals surface area contributed by atoms with Gasteiger partial charge in [-0.2, -0.15) is 0 Å². The highest BCUT2D eigenvalue weighted by Gasteiger charge is 2.29. The molecular formula is C25H32ClF2N3O4S. The highest BCUT2D eigenvalue weighted by molar-refractivity contribution is 7.92. The van der Waals surface area contributed by atoms with Crippen molar-refractivity contribution in [2.45, 2.75) is 58.7 Å². The van der Waals surface area contributed by atoms with E-state index in [0.29, 0.717) is 11.4 Å². The molecule has 0 aliphatic carbocycles. The van der Waals surface area contributed by atoms with Crippen LogP contribution < -0.4 is 9.62 Å². The van der Waals surface area contributed by atoms with Crippen LogP contribution in [-0.4, -0.2) is 50.0 Å². The molecule has 0 saturated carbocycles. The number of hydrogen-bond donors (Lipinski definition) is 1. The Kier molecular flexibility index (Phi) is 10.7. The lowest BCUT2D eigenvalue weighted by molar-refractivity contribution is -0.141. The number of halogens is 3. The van der Waals surface area contributed by atoms with Gasteiger partial charge in [0.15, 0.2) is 11.6 Å². The summed E-state index contributed by atoms with van der Waals surface area (Å²) in [6.45, 7) is 5.50. The first-order chi connectivity index (χ1) is 16.8. The lowest BCUT2D eigenvalue weighted by Gasteiger charge is -2.31. The molecule has 0 radical (unpaired) electrons. The third-order valence-corrected chi connectivity index (χ3v) is 6.87. The maximum atomic E-state index is 13.7. The van der Waals surface area contributed by atoms with Crippen molar-refractivity contribution in [1.82, 2.24) is 10.2 Å². The van der Waals surface area contributed by atoms with Crippen molar-refractivity contribution in [2.75, 3.05) is 17.1 Å². The maximum absolute atomic E-state index is 13.7. The van der Waals surface area contributed by atoms with E-state index in [0.717, 1.165) is 34.3 Å². The van der Waals surface area contributed by atoms with Crippen LogP contribution in [0.25, 0.3) is 0 Å². The fourth-order valence-electron chi connectivity index (χ4n) is 3.73. The zero-order valence-electron chi connectivity index (χ0n) is 20.8. The van der Waals surface area contributed by atoms with Gasteiger partial charge in [0.25, 0.3) is 0 Å². The molecule has 1 N–H and O–H groups in total. The summed E-state index contributed by atoms with van der Waals surface area (Å²) >= 11 is 5.97. The molecule has 2 amide bonds. The Labute approximate surface area is 216 Å². The highest BCUT2D eigenvalue weighted by atomic mass is 35.5. The zero-order valence-corrected chi connectivity index (χ0v) is 22.4. The van der Waals surface area contributed by atoms with Crippen molar-refractivity contribution >= 4 is 39.1 Å². The Hall–Kier alpha value is -2.72. The summed E-state index contributed by atoms with van der Waals surface area (Å²) < 4.78 is 52.6. The van der Waals surface area contributed by atoms with Crippen LogP contribution in [0.2, 0.25) is 5.02 Å². The number of carbonyl (C=O) groups is 2. The van der Waals surface area contributed by atoms with Crippen LogP contribution in [0.5, 0.6) is 0 Å². The van der Waals surface area contributed by atoms with Crippen LogP contribution in [0.1, 0.15) is 45.6 Å². The van der Waals surface area contributed by atoms with Gasteiger partial charge in [0.05, 0.1) is 11.9 Å². The van der Waals surface area contributed by atoms with E-state index in [4.69, 9.17) is 11.6 Å². The number of amides is 2. The summed E-state index contributed by atoms with van der Waals surface area (Å²) in [7, 11) is -3.82. The van der Waals surface area contributed by atoms with Crippen molar-refractivity contribution in [3.8, 4) is 0 Å². The van der Waals surface area contributed by atoms with Crippen LogP contribution in [0.4, 0.5) is 14.5 Å². The largest absolute Gasteiger partial charge is 0.352 e. The molecule has 0 bridgehead atoms. The van der Waals surface area contributed by atoms with Gasteiger partial charge in [0.2, 0.25) is 21.8 Å². The summed E-state index contributed by atoms with van der Waals surface area (Å²) in [5, 5.41) is 3.38. The monoisotopic (exact) mass is 543 g/mol. The molecule has 0 aliphatic rings. The number of rotatable bonds is 12. The molecule has 11 heteroatoms. The van der Waals surface area contributed by atoms with E-state index in [2.05, 4.69) is 5.32 Å². The molecular weight excluding hydrogens is 512 g/mol. The molecule has 2 aromatic carbocycles. The van der Waals surface area contributed by atoms with Crippen molar-refractivity contribution in [3.05, 3.63) is 64.7 Å². The van der Waals surface area contributed by atoms with E-state index in [1.54, 1.807) is 31.2 Å². The van der Waals surface area contributed by atoms with Gasteiger partial charge in [-0.05, 0) is 56.5 Å². The minimum atomic E-state index is -3.82. The number of benzene rings is 2. The van der Waals surface area contributed by atoms with E-state index in [1.165, 1.54) is 4.90 Å². The van der Waals surface area contributed by atoms with Gasteiger partial charge in [-0.3, -0.25) is 13.9 Å². The van der Waals surface area contributed by atoms with E-state index in [-0.39, 0.29) is 49.5 Å². The van der Waals surface area contributed by atoms with Gasteiger partial charge < -0.3 is 10.2 Å². The SMILES string of the molecule is CCC(C(=O)NC(C)C)N(Cc1ccc(Cl)cc1)C(=O)CCCN(c1ccc(F)c(F)c1)S(C)(=O)=O. The zero-order chi connectivity index (χ0) is 27.0. The Morgan fingerprint density at radius 1 is 1.06 bits per heavy atom. The molecule has 0 spiro atoms. The second-order valence-corrected chi connectivity index (χ2v) is 11.1. The molecule has 198 valence electrons. The predicted molar refractivity (Wildman–Crippen MR) is 137 cm³/mol. The molecule has 0 fully saturated rings. The normalized spacial score (nSPS) is 12.3. The topological polar surface area (TPSA) is 86.8 Å². The number of anilines is 1. The van der Waals surface area contributed by atoms with E-state index >= 15 is 0 Å². The van der Waals surface area contributed by atoms with Crippen LogP contribution in [-0.2, 0) is 26.2 Å². The first-order valence-electron chi connectivity index (χ1n) is 11.6. The minimum Gasteiger partial charge on any atom is -0.352 e. The number of hydrogen-bond acceptors (Lipinski definition) is 4. The summed E-state index contributed by atoms with van der Waals surface area (Å²) in [6.07, 6.45) is 1.37. The fraction of sp³-hybridized carbons (Fsp3) is 0.440. The second kappa shape index (κ2) is 13.0. The van der Waals surface area contributed by atoms with Gasteiger partial charge in [-0.1, -0.05) is 30.7 Å². The Bertz CT molecular complexity index is 1160. The van der Waals surface area contributed by atoms with E-state index in [1.807, 2.05) is 13.8 Å². The van der Waals surface area contributed by atoms with Gasteiger partial charge in [-0.15, -0.1) is 0 Å². The van der Waals surface area contributed by atoms with Gasteiger partial charge in [0.1, 0.15) is 6.04 Å². The Balaban J connectivity index is 2.22. The van der Waals surface area contributed by atoms with Crippen molar-refractivity contribution < 1.29 is 26.8 Å². The molecule has 7 nitrogen and oxygen atoms in total. The molecule has 0 aliphatic heterocycles. The van der Waals surface area contributed by atoms with Gasteiger partial charge >= 0.3 is 0 Å². The van der Waals surface area contributed by atoms with Crippen molar-refractivity contribution in [3.63, 3.8) is 0 Å². The van der Waals surface area contributed by atoms with Crippen LogP contribution in [0, 0.1) is 11.6 Å². The molecule has 2 aromatic rings. The molecule has 0 heterocycles. The summed E-state index contributed by atoms with van der Waals surface area (Å²) in [5.41, 5.74) is 0.743. The lowest BCUT2D eigenvalue weighted by Crippen LogP contribution is -2.50. The Morgan fingerprint density at radius 3 is 2.22 bits per heavy atom. The predicted octanol–water partition coefficient (Wildman–Crippen LogP) is 4.50. The quantitative estimate of drug-likeness (QED) is 0.427. The number of sulfonamides is 1. The molecule has 1 unspecified atom stereocenters. The molecule has 0 saturated heterocycles. The first kappa shape index (κ1) is 29.5. The number of carbonyl (C=O) groups excluding carboxylic acids is 2. The third-order valence-electron chi connectivity index (χ3n) is 5.43. The molecule has 36 heavy (non-hydrogen) atoms. The standard InChI is InChI=1S/C25H32ClF2N3O4S/c1-5-23(25(33)29-17(2)3)30(16-18-8-10-19(26)11-9-18)24(32)7-6-14-31(36(4,34)35)20-12-13-21(27)22(28)15-20/h8-13,15,17,23H,5-7,14,16H2,1-4H3,(H,29,33). The average Bonchev–Trinajstić information content (AvgIpc) is 2.78. The highest BCUT2D eigenvalue weighted by Crippen LogP contribution is 2.22. The van der Waals surface area contributed by atoms with E-state index in [9.17, 15) is 26.8 Å². The lowest BCUT2D eigenvalue weighted by atomic mass is 10.1. The number of nitrogens with zero attached hydrogens (tertiary/aromatic N) is 2. The average molecular weight is 544 g/mol. The summed E-state index contributed by atoms with van der Waals surface area (Å²) in [4.78, 5) is 27.6. The van der Waals surface area contributed by atoms with Gasteiger partial charge in [-0.25, -0.2) is 17.2 Å². The maximum Gasteiger partial charge on any atom is 0.243 e. The minimum absolute atomic E-state index is 0.0374. The van der Waals surface area contributed by atoms with Gasteiger partial charge in [0, 0.05) is 36.6 Å².